The molecule has 0 N–H and O–H groups in total. The first-order chi connectivity index (χ1) is 3.15. The smallest absolute Gasteiger partial charge is 0.554 e. The molecule has 0 aromatic rings. The maximum absolute atomic E-state index is 8.89. The molecule has 0 bridgehead atoms. The van der Waals surface area contributed by atoms with Gasteiger partial charge in [0, 0.05) is 12.4 Å². The van der Waals surface area contributed by atoms with Crippen LogP contribution in [0.2, 0.25) is 0 Å². The van der Waals surface area contributed by atoms with Crippen molar-refractivity contribution in [1.29, 1.82) is 0 Å². The van der Waals surface area contributed by atoms with Gasteiger partial charge in [-0.25, -0.2) is 0 Å². The van der Waals surface area contributed by atoms with Crippen molar-refractivity contribution in [1.82, 2.24) is 0 Å². The molecule has 0 saturated heterocycles. The van der Waals surface area contributed by atoms with E-state index in [0.717, 1.165) is 6.92 Å². The van der Waals surface area contributed by atoms with E-state index in [0.29, 0.717) is 0 Å². The van der Waals surface area contributed by atoms with Crippen LogP contribution in [0.1, 0.15) is 6.92 Å². The molecule has 0 fully saturated rings. The summed E-state index contributed by atoms with van der Waals surface area (Å²) >= 11 is 0. The fourth-order valence-corrected chi connectivity index (χ4v) is 0. The Kier molecular flexibility index (Phi) is 63.3. The van der Waals surface area contributed by atoms with Gasteiger partial charge < -0.3 is 19.8 Å². The molecule has 9 heavy (non-hydrogen) atoms. The molecule has 0 amide bonds. The van der Waals surface area contributed by atoms with Gasteiger partial charge in [-0.05, 0) is 6.92 Å². The van der Waals surface area contributed by atoms with E-state index in [1.165, 1.54) is 0 Å². The fourth-order valence-electron chi connectivity index (χ4n) is 0. The molecule has 58 valence electrons. The molecule has 0 heterocycles. The Bertz CT molecular complexity index is 60.8. The molecule has 6 heteroatoms. The Hall–Kier alpha value is -0.0730. The van der Waals surface area contributed by atoms with Gasteiger partial charge in [-0.2, -0.15) is 0 Å². The number of hydrogen-bond donors (Lipinski definition) is 0. The van der Waals surface area contributed by atoms with Gasteiger partial charge in [0.25, 0.3) is 0 Å². The molecule has 0 atom stereocenters. The SMILES string of the molecule is CC(=O)[O-].O=C[O-].[Ni+2].[Ni+2]. The maximum Gasteiger partial charge on any atom is 2.00 e. The second kappa shape index (κ2) is 24.7. The molecule has 0 saturated carbocycles. The predicted molar refractivity (Wildman–Crippen MR) is 16.7 cm³/mol. The van der Waals surface area contributed by atoms with Gasteiger partial charge in [-0.3, -0.25) is 0 Å². The summed E-state index contributed by atoms with van der Waals surface area (Å²) in [5.41, 5.74) is 0. The predicted octanol–water partition coefficient (Wildman–Crippen LogP) is -2.88. The van der Waals surface area contributed by atoms with Crippen LogP contribution in [0.4, 0.5) is 0 Å². The molecule has 4 nitrogen and oxygen atoms in total. The topological polar surface area (TPSA) is 80.3 Å². The molecule has 0 aliphatic heterocycles. The summed E-state index contributed by atoms with van der Waals surface area (Å²) in [6.07, 6.45) is 0. The van der Waals surface area contributed by atoms with Crippen molar-refractivity contribution < 1.29 is 52.8 Å². The minimum Gasteiger partial charge on any atom is -0.554 e. The number of carbonyl (C=O) groups is 2. The molecule has 0 aliphatic rings. The largest absolute Gasteiger partial charge is 2.00 e. The van der Waals surface area contributed by atoms with Crippen LogP contribution >= 0.6 is 0 Å². The van der Waals surface area contributed by atoms with Gasteiger partial charge in [0.1, 0.15) is 0 Å². The Morgan fingerprint density at radius 1 is 1.44 bits per heavy atom. The molecule has 0 aromatic heterocycles. The van der Waals surface area contributed by atoms with E-state index >= 15 is 0 Å². The quantitative estimate of drug-likeness (QED) is 0.325. The van der Waals surface area contributed by atoms with E-state index < -0.39 is 12.4 Å². The third kappa shape index (κ3) is 52300. The summed E-state index contributed by atoms with van der Waals surface area (Å²) in [5, 5.41) is 17.1. The van der Waals surface area contributed by atoms with Crippen molar-refractivity contribution in [2.24, 2.45) is 0 Å². The van der Waals surface area contributed by atoms with Crippen molar-refractivity contribution in [2.45, 2.75) is 6.92 Å². The van der Waals surface area contributed by atoms with Gasteiger partial charge in [0.05, 0.1) is 0 Å². The zero-order chi connectivity index (χ0) is 6.28. The number of aliphatic carboxylic acids is 1. The molecular formula is C3H4Ni2O4+2. The van der Waals surface area contributed by atoms with Crippen molar-refractivity contribution in [2.75, 3.05) is 0 Å². The Balaban J connectivity index is -0.0000000233. The van der Waals surface area contributed by atoms with E-state index in [1.807, 2.05) is 0 Å². The van der Waals surface area contributed by atoms with E-state index in [1.54, 1.807) is 0 Å². The average molecular weight is 221 g/mol. The van der Waals surface area contributed by atoms with Crippen LogP contribution in [0.5, 0.6) is 0 Å². The molecule has 0 unspecified atom stereocenters. The number of carbonyl (C=O) groups excluding carboxylic acids is 2. The monoisotopic (exact) mass is 220 g/mol. The molecular weight excluding hydrogens is 217 g/mol. The third-order valence-corrected chi connectivity index (χ3v) is 0. The second-order valence-electron chi connectivity index (χ2n) is 0.588. The van der Waals surface area contributed by atoms with Crippen LogP contribution in [-0.2, 0) is 42.6 Å². The van der Waals surface area contributed by atoms with Crippen LogP contribution < -0.4 is 10.2 Å². The Morgan fingerprint density at radius 3 is 1.44 bits per heavy atom. The summed E-state index contributed by atoms with van der Waals surface area (Å²) in [4.78, 5) is 17.1. The zero-order valence-corrected chi connectivity index (χ0v) is 6.32. The van der Waals surface area contributed by atoms with Crippen molar-refractivity contribution in [3.05, 3.63) is 0 Å². The molecule has 0 spiro atoms. The summed E-state index contributed by atoms with van der Waals surface area (Å²) in [7, 11) is 0. The average Bonchev–Trinajstić information content (AvgIpc) is 1.33. The van der Waals surface area contributed by atoms with Gasteiger partial charge in [0.2, 0.25) is 0 Å². The second-order valence-corrected chi connectivity index (χ2v) is 0.588. The van der Waals surface area contributed by atoms with E-state index in [9.17, 15) is 0 Å². The summed E-state index contributed by atoms with van der Waals surface area (Å²) in [6, 6.07) is 0. The molecule has 0 radical (unpaired) electrons. The van der Waals surface area contributed by atoms with E-state index in [4.69, 9.17) is 19.8 Å². The number of carboxylic acids is 1. The molecule has 0 rings (SSSR count). The first kappa shape index (κ1) is 23.1. The summed E-state index contributed by atoms with van der Waals surface area (Å²) in [6.45, 7) is 0.472. The summed E-state index contributed by atoms with van der Waals surface area (Å²) in [5.74, 6) is -1.08. The Morgan fingerprint density at radius 2 is 1.44 bits per heavy atom. The fraction of sp³-hybridized carbons (Fsp3) is 0.333. The van der Waals surface area contributed by atoms with Crippen molar-refractivity contribution in [3.8, 4) is 0 Å². The first-order valence-corrected chi connectivity index (χ1v) is 1.38. The number of hydrogen-bond acceptors (Lipinski definition) is 4. The molecule has 0 aromatic carbocycles. The zero-order valence-electron chi connectivity index (χ0n) is 4.34. The summed E-state index contributed by atoms with van der Waals surface area (Å²) < 4.78 is 0. The van der Waals surface area contributed by atoms with Crippen LogP contribution in [-0.4, -0.2) is 12.4 Å². The number of carboxylic acid groups (broad SMARTS) is 2. The minimum absolute atomic E-state index is 0. The van der Waals surface area contributed by atoms with Crippen LogP contribution in [0.25, 0.3) is 0 Å². The van der Waals surface area contributed by atoms with E-state index in [2.05, 4.69) is 0 Å². The van der Waals surface area contributed by atoms with Gasteiger partial charge in [-0.15, -0.1) is 0 Å². The minimum atomic E-state index is -1.08. The standard InChI is InChI=1S/C2H4O2.CH2O2.2Ni/c1-2(3)4;2-1-3;;/h1H3,(H,3,4);1H,(H,2,3);;/q;;2*+2/p-2. The molecule has 0 aliphatic carbocycles. The van der Waals surface area contributed by atoms with Gasteiger partial charge in [0.15, 0.2) is 0 Å². The van der Waals surface area contributed by atoms with Crippen LogP contribution in [0, 0.1) is 0 Å². The van der Waals surface area contributed by atoms with E-state index in [-0.39, 0.29) is 33.0 Å². The van der Waals surface area contributed by atoms with Gasteiger partial charge >= 0.3 is 33.0 Å². The van der Waals surface area contributed by atoms with Crippen LogP contribution in [0.15, 0.2) is 0 Å². The van der Waals surface area contributed by atoms with Gasteiger partial charge in [-0.1, -0.05) is 0 Å². The van der Waals surface area contributed by atoms with Crippen molar-refractivity contribution >= 4 is 12.4 Å². The third-order valence-electron chi connectivity index (χ3n) is 0. The maximum atomic E-state index is 8.89. The van der Waals surface area contributed by atoms with Crippen LogP contribution in [0.3, 0.4) is 0 Å². The first-order valence-electron chi connectivity index (χ1n) is 1.38. The Labute approximate surface area is 72.5 Å². The number of rotatable bonds is 0. The normalized spacial score (nSPS) is 4.11. The van der Waals surface area contributed by atoms with Crippen molar-refractivity contribution in [3.63, 3.8) is 0 Å².